The molecule has 0 aromatic heterocycles. The molecule has 0 aliphatic heterocycles. The van der Waals surface area contributed by atoms with E-state index in [1.165, 1.54) is 22.3 Å². The molecule has 26 heavy (non-hydrogen) atoms. The second kappa shape index (κ2) is 8.98. The van der Waals surface area contributed by atoms with Crippen LogP contribution in [0.4, 0.5) is 0 Å². The van der Waals surface area contributed by atoms with E-state index in [2.05, 4.69) is 73.3 Å². The molecule has 0 bridgehead atoms. The molecule has 0 heterocycles. The molecule has 0 radical (unpaired) electrons. The average Bonchev–Trinajstić information content (AvgIpc) is 2.72. The Kier molecular flexibility index (Phi) is 6.19. The molecule has 0 N–H and O–H groups in total. The van der Waals surface area contributed by atoms with Crippen molar-refractivity contribution in [3.05, 3.63) is 103 Å². The predicted molar refractivity (Wildman–Crippen MR) is 112 cm³/mol. The smallest absolute Gasteiger partial charge is 0.0721 e. The summed E-state index contributed by atoms with van der Waals surface area (Å²) in [4.78, 5) is 0. The molecule has 1 nitrogen and oxygen atoms in total. The fraction of sp³-hybridized carbons (Fsp3) is 0.120. The third-order valence-electron chi connectivity index (χ3n) is 4.36. The summed E-state index contributed by atoms with van der Waals surface area (Å²) in [6.07, 6.45) is 5.92. The van der Waals surface area contributed by atoms with Crippen LogP contribution in [0.15, 0.2) is 91.5 Å². The summed E-state index contributed by atoms with van der Waals surface area (Å²) in [5.74, 6) is 0. The van der Waals surface area contributed by atoms with Gasteiger partial charge in [-0.15, -0.1) is 0 Å². The summed E-state index contributed by atoms with van der Waals surface area (Å²) in [5, 5.41) is 0. The molecule has 0 saturated heterocycles. The summed E-state index contributed by atoms with van der Waals surface area (Å²) in [5.41, 5.74) is 7.14. The van der Waals surface area contributed by atoms with Gasteiger partial charge in [-0.25, -0.2) is 0 Å². The van der Waals surface area contributed by atoms with Crippen molar-refractivity contribution in [3.8, 4) is 22.3 Å². The van der Waals surface area contributed by atoms with E-state index in [-0.39, 0.29) is 0 Å². The summed E-state index contributed by atoms with van der Waals surface area (Å²) in [7, 11) is 0. The van der Waals surface area contributed by atoms with Gasteiger partial charge in [-0.05, 0) is 46.4 Å². The first-order valence-electron chi connectivity index (χ1n) is 8.92. The van der Waals surface area contributed by atoms with Gasteiger partial charge < -0.3 is 4.74 Å². The lowest BCUT2D eigenvalue weighted by atomic mass is 9.95. The Balaban J connectivity index is 1.81. The Bertz CT molecular complexity index is 874. The second-order valence-electron chi connectivity index (χ2n) is 6.15. The van der Waals surface area contributed by atoms with Crippen molar-refractivity contribution in [2.75, 3.05) is 6.61 Å². The van der Waals surface area contributed by atoms with Gasteiger partial charge >= 0.3 is 0 Å². The number of hydrogen-bond donors (Lipinski definition) is 0. The highest BCUT2D eigenvalue weighted by Gasteiger charge is 2.05. The van der Waals surface area contributed by atoms with Crippen LogP contribution in [0.2, 0.25) is 0 Å². The Labute approximate surface area is 156 Å². The predicted octanol–water partition coefficient (Wildman–Crippen LogP) is 6.76. The van der Waals surface area contributed by atoms with Crippen molar-refractivity contribution < 1.29 is 4.74 Å². The topological polar surface area (TPSA) is 9.23 Å². The Hall–Kier alpha value is -2.90. The van der Waals surface area contributed by atoms with Crippen LogP contribution >= 0.6 is 0 Å². The Morgan fingerprint density at radius 2 is 1.54 bits per heavy atom. The number of ether oxygens (including phenoxy) is 1. The molecule has 0 spiro atoms. The standard InChI is InChI=1S/C25H24O/c1-3-5-17-26-19-20-11-16-25(21(4-2)18-20)24-14-12-23(13-15-24)22-9-7-6-8-10-22/h3-16,18H,2,17,19H2,1H3/b5-3+. The van der Waals surface area contributed by atoms with Crippen molar-refractivity contribution >= 4 is 6.08 Å². The zero-order chi connectivity index (χ0) is 18.2. The van der Waals surface area contributed by atoms with Gasteiger partial charge in [0, 0.05) is 0 Å². The lowest BCUT2D eigenvalue weighted by molar-refractivity contribution is 0.148. The van der Waals surface area contributed by atoms with Crippen LogP contribution in [-0.2, 0) is 11.3 Å². The van der Waals surface area contributed by atoms with Crippen molar-refractivity contribution in [3.63, 3.8) is 0 Å². The Morgan fingerprint density at radius 3 is 2.23 bits per heavy atom. The van der Waals surface area contributed by atoms with Crippen LogP contribution in [-0.4, -0.2) is 6.61 Å². The molecule has 130 valence electrons. The first-order valence-corrected chi connectivity index (χ1v) is 8.92. The molecular formula is C25H24O. The molecule has 1 heteroatoms. The fourth-order valence-corrected chi connectivity index (χ4v) is 2.95. The zero-order valence-electron chi connectivity index (χ0n) is 15.2. The third-order valence-corrected chi connectivity index (χ3v) is 4.36. The highest BCUT2D eigenvalue weighted by Crippen LogP contribution is 2.28. The third kappa shape index (κ3) is 4.38. The minimum atomic E-state index is 0.610. The van der Waals surface area contributed by atoms with Gasteiger partial charge in [0.1, 0.15) is 0 Å². The average molecular weight is 340 g/mol. The highest BCUT2D eigenvalue weighted by molar-refractivity contribution is 5.77. The normalized spacial score (nSPS) is 11.0. The van der Waals surface area contributed by atoms with Gasteiger partial charge in [0.25, 0.3) is 0 Å². The van der Waals surface area contributed by atoms with E-state index < -0.39 is 0 Å². The molecule has 0 unspecified atom stereocenters. The SMILES string of the molecule is C=Cc1cc(COC/C=C/C)ccc1-c1ccc(-c2ccccc2)cc1. The molecule has 0 saturated carbocycles. The van der Waals surface area contributed by atoms with E-state index in [4.69, 9.17) is 4.74 Å². The number of benzene rings is 3. The van der Waals surface area contributed by atoms with Crippen LogP contribution < -0.4 is 0 Å². The minimum Gasteiger partial charge on any atom is -0.373 e. The van der Waals surface area contributed by atoms with E-state index in [1.54, 1.807) is 0 Å². The van der Waals surface area contributed by atoms with E-state index in [1.807, 2.05) is 31.2 Å². The molecular weight excluding hydrogens is 316 g/mol. The maximum atomic E-state index is 5.65. The van der Waals surface area contributed by atoms with E-state index in [0.717, 1.165) is 11.1 Å². The maximum Gasteiger partial charge on any atom is 0.0721 e. The second-order valence-corrected chi connectivity index (χ2v) is 6.15. The molecule has 0 fully saturated rings. The molecule has 0 aliphatic rings. The van der Waals surface area contributed by atoms with Crippen molar-refractivity contribution in [2.24, 2.45) is 0 Å². The van der Waals surface area contributed by atoms with Crippen LogP contribution in [0, 0.1) is 0 Å². The number of rotatable bonds is 7. The zero-order valence-corrected chi connectivity index (χ0v) is 15.2. The molecule has 3 rings (SSSR count). The van der Waals surface area contributed by atoms with Crippen molar-refractivity contribution in [1.82, 2.24) is 0 Å². The summed E-state index contributed by atoms with van der Waals surface area (Å²) in [6, 6.07) is 25.6. The van der Waals surface area contributed by atoms with Crippen LogP contribution in [0.1, 0.15) is 18.1 Å². The van der Waals surface area contributed by atoms with Crippen LogP contribution in [0.3, 0.4) is 0 Å². The quantitative estimate of drug-likeness (QED) is 0.341. The molecule has 0 amide bonds. The Morgan fingerprint density at radius 1 is 0.846 bits per heavy atom. The monoisotopic (exact) mass is 340 g/mol. The summed E-state index contributed by atoms with van der Waals surface area (Å²) >= 11 is 0. The van der Waals surface area contributed by atoms with Crippen molar-refractivity contribution in [1.29, 1.82) is 0 Å². The van der Waals surface area contributed by atoms with Crippen LogP contribution in [0.25, 0.3) is 28.3 Å². The van der Waals surface area contributed by atoms with Gasteiger partial charge in [0.15, 0.2) is 0 Å². The fourth-order valence-electron chi connectivity index (χ4n) is 2.95. The van der Waals surface area contributed by atoms with Crippen molar-refractivity contribution in [2.45, 2.75) is 13.5 Å². The molecule has 0 atom stereocenters. The van der Waals surface area contributed by atoms with Gasteiger partial charge in [-0.3, -0.25) is 0 Å². The largest absolute Gasteiger partial charge is 0.373 e. The molecule has 3 aromatic rings. The van der Waals surface area contributed by atoms with Gasteiger partial charge in [-0.2, -0.15) is 0 Å². The lowest BCUT2D eigenvalue weighted by Crippen LogP contribution is -1.94. The summed E-state index contributed by atoms with van der Waals surface area (Å²) < 4.78 is 5.65. The summed E-state index contributed by atoms with van der Waals surface area (Å²) in [6.45, 7) is 7.23. The first kappa shape index (κ1) is 17.9. The minimum absolute atomic E-state index is 0.610. The number of hydrogen-bond acceptors (Lipinski definition) is 1. The molecule has 0 aliphatic carbocycles. The molecule has 3 aromatic carbocycles. The van der Waals surface area contributed by atoms with E-state index >= 15 is 0 Å². The van der Waals surface area contributed by atoms with Gasteiger partial charge in [0.05, 0.1) is 13.2 Å². The van der Waals surface area contributed by atoms with E-state index in [0.29, 0.717) is 13.2 Å². The van der Waals surface area contributed by atoms with Gasteiger partial charge in [-0.1, -0.05) is 91.5 Å². The lowest BCUT2D eigenvalue weighted by Gasteiger charge is -2.11. The van der Waals surface area contributed by atoms with Gasteiger partial charge in [0.2, 0.25) is 0 Å². The highest BCUT2D eigenvalue weighted by atomic mass is 16.5. The van der Waals surface area contributed by atoms with E-state index in [9.17, 15) is 0 Å². The number of allylic oxidation sites excluding steroid dienone is 1. The maximum absolute atomic E-state index is 5.65. The van der Waals surface area contributed by atoms with Crippen LogP contribution in [0.5, 0.6) is 0 Å². The first-order chi connectivity index (χ1) is 12.8.